The van der Waals surface area contributed by atoms with Crippen LogP contribution in [0.15, 0.2) is 58.8 Å². The Balaban J connectivity index is 1.76. The molecule has 12 heteroatoms. The Bertz CT molecular complexity index is 968. The van der Waals surface area contributed by atoms with E-state index in [1.165, 1.54) is 0 Å². The maximum atomic E-state index is 9.19. The lowest BCUT2D eigenvalue weighted by molar-refractivity contribution is -0.150. The minimum atomic E-state index is -1.01. The molecule has 0 radical (unpaired) electrons. The molecule has 1 aliphatic rings. The van der Waals surface area contributed by atoms with Gasteiger partial charge < -0.3 is 28.4 Å². The van der Waals surface area contributed by atoms with Crippen molar-refractivity contribution < 1.29 is 28.4 Å². The summed E-state index contributed by atoms with van der Waals surface area (Å²) in [5, 5.41) is 7.77. The summed E-state index contributed by atoms with van der Waals surface area (Å²) >= 11 is 0. The molecular formula is C23H28N6O6. The van der Waals surface area contributed by atoms with Gasteiger partial charge in [-0.1, -0.05) is 10.2 Å². The molecule has 12 nitrogen and oxygen atoms in total. The molecule has 0 aliphatic carbocycles. The Kier molecular flexibility index (Phi) is 8.88. The van der Waals surface area contributed by atoms with E-state index in [-0.39, 0.29) is 13.2 Å². The summed E-state index contributed by atoms with van der Waals surface area (Å²) in [6.45, 7) is 3.49. The molecule has 0 saturated carbocycles. The number of hydrogen-bond acceptors (Lipinski definition) is 8. The number of rotatable bonds is 12. The Morgan fingerprint density at radius 3 is 1.40 bits per heavy atom. The van der Waals surface area contributed by atoms with Crippen LogP contribution in [-0.2, 0) is 9.47 Å². The van der Waals surface area contributed by atoms with Crippen LogP contribution in [-0.4, -0.2) is 57.5 Å². The fourth-order valence-corrected chi connectivity index (χ4v) is 3.64. The molecule has 0 aromatic heterocycles. The highest BCUT2D eigenvalue weighted by molar-refractivity contribution is 5.32. The summed E-state index contributed by atoms with van der Waals surface area (Å²) in [6, 6.07) is 12.4. The summed E-state index contributed by atoms with van der Waals surface area (Å²) in [4.78, 5) is 5.92. The van der Waals surface area contributed by atoms with Crippen molar-refractivity contribution in [1.82, 2.24) is 0 Å². The Morgan fingerprint density at radius 2 is 1.09 bits per heavy atom. The van der Waals surface area contributed by atoms with Crippen LogP contribution >= 0.6 is 0 Å². The number of methoxy groups -OCH3 is 2. The first kappa shape index (κ1) is 25.8. The fraction of sp³-hybridized carbons (Fsp3) is 0.478. The van der Waals surface area contributed by atoms with Crippen LogP contribution in [0.4, 0.5) is 0 Å². The molecule has 1 heterocycles. The first-order valence-electron chi connectivity index (χ1n) is 10.9. The van der Waals surface area contributed by atoms with Gasteiger partial charge in [0.2, 0.25) is 0 Å². The van der Waals surface area contributed by atoms with E-state index in [2.05, 4.69) is 20.1 Å². The van der Waals surface area contributed by atoms with Crippen LogP contribution in [0.25, 0.3) is 20.9 Å². The topological polar surface area (TPSA) is 153 Å². The van der Waals surface area contributed by atoms with Gasteiger partial charge in [0.05, 0.1) is 39.6 Å². The molecule has 0 unspecified atom stereocenters. The summed E-state index contributed by atoms with van der Waals surface area (Å²) in [6.07, 6.45) is -1.51. The smallest absolute Gasteiger partial charge is 0.163 e. The summed E-state index contributed by atoms with van der Waals surface area (Å²) in [7, 11) is 3.15. The zero-order valence-electron chi connectivity index (χ0n) is 20.0. The van der Waals surface area contributed by atoms with Gasteiger partial charge in [0, 0.05) is 9.82 Å². The van der Waals surface area contributed by atoms with Gasteiger partial charge in [-0.2, -0.15) is 0 Å². The monoisotopic (exact) mass is 484 g/mol. The maximum absolute atomic E-state index is 9.19. The van der Waals surface area contributed by atoms with Gasteiger partial charge in [0.15, 0.2) is 5.79 Å². The number of ether oxygens (including phenoxy) is 6. The largest absolute Gasteiger partial charge is 0.497 e. The first-order valence-corrected chi connectivity index (χ1v) is 10.9. The molecule has 4 atom stereocenters. The van der Waals surface area contributed by atoms with E-state index in [1.807, 2.05) is 0 Å². The van der Waals surface area contributed by atoms with Gasteiger partial charge in [-0.15, -0.1) is 0 Å². The highest BCUT2D eigenvalue weighted by atomic mass is 16.8. The molecule has 1 aliphatic heterocycles. The van der Waals surface area contributed by atoms with Gasteiger partial charge in [-0.25, -0.2) is 0 Å². The van der Waals surface area contributed by atoms with Crippen molar-refractivity contribution in [3.8, 4) is 23.0 Å². The molecule has 0 bridgehead atoms. The highest BCUT2D eigenvalue weighted by Crippen LogP contribution is 2.34. The Hall–Kier alpha value is -3.82. The second-order valence-electron chi connectivity index (χ2n) is 8.08. The van der Waals surface area contributed by atoms with Crippen molar-refractivity contribution >= 4 is 0 Å². The average Bonchev–Trinajstić information content (AvgIpc) is 3.20. The molecule has 0 amide bonds. The zero-order chi connectivity index (χ0) is 25.3. The van der Waals surface area contributed by atoms with E-state index in [4.69, 9.17) is 28.4 Å². The van der Waals surface area contributed by atoms with Crippen LogP contribution in [0, 0.1) is 0 Å². The minimum Gasteiger partial charge on any atom is -0.497 e. The van der Waals surface area contributed by atoms with Gasteiger partial charge >= 0.3 is 0 Å². The normalized spacial score (nSPS) is 20.0. The predicted molar refractivity (Wildman–Crippen MR) is 127 cm³/mol. The van der Waals surface area contributed by atoms with Crippen LogP contribution in [0.3, 0.4) is 0 Å². The Labute approximate surface area is 202 Å². The molecule has 0 spiro atoms. The van der Waals surface area contributed by atoms with Crippen molar-refractivity contribution in [2.45, 2.75) is 43.9 Å². The molecule has 1 saturated heterocycles. The van der Waals surface area contributed by atoms with E-state index in [9.17, 15) is 11.1 Å². The van der Waals surface area contributed by atoms with E-state index in [1.54, 1.807) is 76.6 Å². The summed E-state index contributed by atoms with van der Waals surface area (Å²) in [5.74, 6) is 1.49. The molecule has 2 aromatic rings. The molecular weight excluding hydrogens is 456 g/mol. The lowest BCUT2D eigenvalue weighted by atomic mass is 10.0. The van der Waals surface area contributed by atoms with E-state index < -0.39 is 30.1 Å². The standard InChI is InChI=1S/C23H28N6O6/c1-23(2)34-21(19(26-28-24)13-32-17-9-5-15(30-3)6-10-17)22(35-23)20(27-29-25)14-33-18-11-7-16(31-4)8-12-18/h5-12,19-22H,13-14H2,1-4H3/t19-,20-,21+,22+/m0/s1. The lowest BCUT2D eigenvalue weighted by Gasteiger charge is -2.26. The molecule has 2 aromatic carbocycles. The van der Waals surface area contributed by atoms with Crippen LogP contribution < -0.4 is 18.9 Å². The fourth-order valence-electron chi connectivity index (χ4n) is 3.64. The third-order valence-corrected chi connectivity index (χ3v) is 5.28. The molecule has 0 N–H and O–H groups in total. The number of benzene rings is 2. The van der Waals surface area contributed by atoms with E-state index >= 15 is 0 Å². The van der Waals surface area contributed by atoms with Crippen molar-refractivity contribution in [3.05, 3.63) is 69.4 Å². The first-order chi connectivity index (χ1) is 16.9. The third-order valence-electron chi connectivity index (χ3n) is 5.28. The summed E-state index contributed by atoms with van der Waals surface area (Å²) in [5.41, 5.74) is 18.4. The SMILES string of the molecule is COc1ccc(OC[C@H](N=[N+]=[N-])[C@H]2OC(C)(C)O[C@@H]2[C@H](COc2ccc(OC)cc2)N=[N+]=[N-])cc1. The second-order valence-corrected chi connectivity index (χ2v) is 8.08. The molecule has 186 valence electrons. The van der Waals surface area contributed by atoms with Gasteiger partial charge in [0.25, 0.3) is 0 Å². The van der Waals surface area contributed by atoms with Gasteiger partial charge in [0.1, 0.15) is 35.1 Å². The van der Waals surface area contributed by atoms with Gasteiger partial charge in [-0.05, 0) is 73.4 Å². The maximum Gasteiger partial charge on any atom is 0.163 e. The summed E-state index contributed by atoms with van der Waals surface area (Å²) < 4.78 is 34.1. The van der Waals surface area contributed by atoms with Crippen molar-refractivity contribution in [1.29, 1.82) is 0 Å². The van der Waals surface area contributed by atoms with Gasteiger partial charge in [-0.3, -0.25) is 0 Å². The molecule has 1 fully saturated rings. The predicted octanol–water partition coefficient (Wildman–Crippen LogP) is 5.04. The molecule has 35 heavy (non-hydrogen) atoms. The highest BCUT2D eigenvalue weighted by Gasteiger charge is 2.48. The third kappa shape index (κ3) is 7.08. The van der Waals surface area contributed by atoms with Crippen molar-refractivity contribution in [3.63, 3.8) is 0 Å². The molecule has 3 rings (SSSR count). The van der Waals surface area contributed by atoms with Crippen LogP contribution in [0.2, 0.25) is 0 Å². The van der Waals surface area contributed by atoms with Crippen LogP contribution in [0.5, 0.6) is 23.0 Å². The van der Waals surface area contributed by atoms with Crippen molar-refractivity contribution in [2.75, 3.05) is 27.4 Å². The zero-order valence-corrected chi connectivity index (χ0v) is 20.0. The van der Waals surface area contributed by atoms with Crippen LogP contribution in [0.1, 0.15) is 13.8 Å². The average molecular weight is 485 g/mol. The minimum absolute atomic E-state index is 0.0132. The van der Waals surface area contributed by atoms with E-state index in [0.29, 0.717) is 23.0 Å². The number of azide groups is 2. The quantitative estimate of drug-likeness (QED) is 0.234. The lowest BCUT2D eigenvalue weighted by Crippen LogP contribution is -2.45. The number of hydrogen-bond donors (Lipinski definition) is 0. The Morgan fingerprint density at radius 1 is 0.743 bits per heavy atom. The van der Waals surface area contributed by atoms with E-state index in [0.717, 1.165) is 0 Å². The number of nitrogens with zero attached hydrogens (tertiary/aromatic N) is 6. The van der Waals surface area contributed by atoms with Crippen molar-refractivity contribution in [2.24, 2.45) is 10.2 Å². The second kappa shape index (κ2) is 12.0.